The van der Waals surface area contributed by atoms with E-state index in [0.29, 0.717) is 12.3 Å². The highest BCUT2D eigenvalue weighted by Crippen LogP contribution is 2.25. The van der Waals surface area contributed by atoms with Crippen LogP contribution in [0.3, 0.4) is 0 Å². The summed E-state index contributed by atoms with van der Waals surface area (Å²) in [5, 5.41) is 3.39. The van der Waals surface area contributed by atoms with E-state index < -0.39 is 0 Å². The van der Waals surface area contributed by atoms with Crippen molar-refractivity contribution in [2.45, 2.75) is 31.7 Å². The molecule has 1 N–H and O–H groups in total. The quantitative estimate of drug-likeness (QED) is 0.921. The van der Waals surface area contributed by atoms with Gasteiger partial charge in [0, 0.05) is 51.7 Å². The minimum Gasteiger partial charge on any atom is -0.381 e. The first-order valence-corrected chi connectivity index (χ1v) is 8.32. The molecule has 0 spiro atoms. The summed E-state index contributed by atoms with van der Waals surface area (Å²) in [6.45, 7) is 4.18. The summed E-state index contributed by atoms with van der Waals surface area (Å²) in [6, 6.07) is 4.11. The monoisotopic (exact) mass is 303 g/mol. The number of nitrogens with zero attached hydrogens (tertiary/aromatic N) is 2. The molecule has 0 aromatic carbocycles. The molecule has 3 heterocycles. The molecule has 2 aliphatic rings. The van der Waals surface area contributed by atoms with Crippen LogP contribution in [0.5, 0.6) is 0 Å². The van der Waals surface area contributed by atoms with Crippen LogP contribution < -0.4 is 5.32 Å². The fraction of sp³-hybridized carbons (Fsp3) is 0.647. The van der Waals surface area contributed by atoms with Gasteiger partial charge in [-0.2, -0.15) is 0 Å². The topological polar surface area (TPSA) is 54.5 Å². The summed E-state index contributed by atoms with van der Waals surface area (Å²) in [7, 11) is 0. The lowest BCUT2D eigenvalue weighted by molar-refractivity contribution is -0.135. The van der Waals surface area contributed by atoms with Crippen LogP contribution in [-0.4, -0.2) is 48.6 Å². The van der Waals surface area contributed by atoms with Crippen molar-refractivity contribution in [1.29, 1.82) is 0 Å². The average Bonchev–Trinajstić information content (AvgIpc) is 2.61. The molecule has 0 radical (unpaired) electrons. The summed E-state index contributed by atoms with van der Waals surface area (Å²) >= 11 is 0. The van der Waals surface area contributed by atoms with Crippen LogP contribution in [0.4, 0.5) is 0 Å². The van der Waals surface area contributed by atoms with Crippen LogP contribution in [0.25, 0.3) is 0 Å². The Hall–Kier alpha value is -1.46. The Morgan fingerprint density at radius 3 is 3.05 bits per heavy atom. The summed E-state index contributed by atoms with van der Waals surface area (Å²) in [4.78, 5) is 18.9. The molecule has 2 saturated heterocycles. The molecule has 1 aromatic heterocycles. The molecule has 0 bridgehead atoms. The third-order valence-electron chi connectivity index (χ3n) is 4.74. The van der Waals surface area contributed by atoms with Crippen molar-refractivity contribution < 1.29 is 9.53 Å². The Morgan fingerprint density at radius 1 is 1.41 bits per heavy atom. The molecular formula is C17H25N3O2. The highest BCUT2D eigenvalue weighted by Gasteiger charge is 2.28. The second-order valence-corrected chi connectivity index (χ2v) is 6.19. The third-order valence-corrected chi connectivity index (χ3v) is 4.74. The fourth-order valence-corrected chi connectivity index (χ4v) is 3.38. The minimum absolute atomic E-state index is 0.115. The number of amides is 1. The van der Waals surface area contributed by atoms with Crippen molar-refractivity contribution in [3.05, 3.63) is 30.1 Å². The van der Waals surface area contributed by atoms with Gasteiger partial charge in [0.1, 0.15) is 0 Å². The number of aromatic nitrogens is 1. The molecule has 2 aliphatic heterocycles. The van der Waals surface area contributed by atoms with Crippen molar-refractivity contribution >= 4 is 5.91 Å². The summed E-state index contributed by atoms with van der Waals surface area (Å²) < 4.78 is 5.39. The van der Waals surface area contributed by atoms with Crippen LogP contribution in [-0.2, 0) is 9.53 Å². The predicted molar refractivity (Wildman–Crippen MR) is 84.3 cm³/mol. The lowest BCUT2D eigenvalue weighted by Gasteiger charge is -2.37. The number of carbonyl (C=O) groups excluding carboxylic acids is 1. The van der Waals surface area contributed by atoms with Crippen LogP contribution in [0.2, 0.25) is 0 Å². The van der Waals surface area contributed by atoms with E-state index in [1.165, 1.54) is 0 Å². The number of carbonyl (C=O) groups is 1. The van der Waals surface area contributed by atoms with E-state index in [-0.39, 0.29) is 11.9 Å². The molecule has 5 heteroatoms. The number of piperazine rings is 1. The van der Waals surface area contributed by atoms with E-state index in [9.17, 15) is 4.79 Å². The standard InChI is InChI=1S/C17H25N3O2/c21-17(4-3-14-5-10-22-11-6-14)20-9-8-19-13-16(20)15-2-1-7-18-12-15/h1-2,7,12,14,16,19H,3-6,8-11,13H2. The van der Waals surface area contributed by atoms with Gasteiger partial charge in [0.25, 0.3) is 0 Å². The zero-order chi connectivity index (χ0) is 15.2. The zero-order valence-corrected chi connectivity index (χ0v) is 13.0. The maximum Gasteiger partial charge on any atom is 0.223 e. The van der Waals surface area contributed by atoms with Crippen LogP contribution in [0, 0.1) is 5.92 Å². The molecule has 0 saturated carbocycles. The molecule has 0 aliphatic carbocycles. The molecule has 1 atom stereocenters. The molecule has 1 amide bonds. The molecule has 1 aromatic rings. The van der Waals surface area contributed by atoms with Gasteiger partial charge in [-0.15, -0.1) is 0 Å². The van der Waals surface area contributed by atoms with Gasteiger partial charge in [0.2, 0.25) is 5.91 Å². The Labute approximate surface area is 132 Å². The van der Waals surface area contributed by atoms with Crippen LogP contribution in [0.1, 0.15) is 37.3 Å². The lowest BCUT2D eigenvalue weighted by atomic mass is 9.94. The van der Waals surface area contributed by atoms with Crippen molar-refractivity contribution in [3.63, 3.8) is 0 Å². The zero-order valence-electron chi connectivity index (χ0n) is 13.0. The molecule has 2 fully saturated rings. The van der Waals surface area contributed by atoms with Gasteiger partial charge in [-0.3, -0.25) is 9.78 Å². The minimum atomic E-state index is 0.115. The van der Waals surface area contributed by atoms with Crippen LogP contribution in [0.15, 0.2) is 24.5 Å². The van der Waals surface area contributed by atoms with E-state index in [0.717, 1.165) is 57.7 Å². The highest BCUT2D eigenvalue weighted by atomic mass is 16.5. The normalized spacial score (nSPS) is 23.5. The summed E-state index contributed by atoms with van der Waals surface area (Å²) in [6.07, 6.45) is 7.49. The van der Waals surface area contributed by atoms with E-state index in [2.05, 4.69) is 16.4 Å². The van der Waals surface area contributed by atoms with Gasteiger partial charge < -0.3 is 15.0 Å². The van der Waals surface area contributed by atoms with Crippen LogP contribution >= 0.6 is 0 Å². The van der Waals surface area contributed by atoms with E-state index in [1.54, 1.807) is 6.20 Å². The van der Waals surface area contributed by atoms with Gasteiger partial charge in [0.15, 0.2) is 0 Å². The average molecular weight is 303 g/mol. The SMILES string of the molecule is O=C(CCC1CCOCC1)N1CCNCC1c1cccnc1. The molecule has 22 heavy (non-hydrogen) atoms. The highest BCUT2D eigenvalue weighted by molar-refractivity contribution is 5.77. The fourth-order valence-electron chi connectivity index (χ4n) is 3.38. The smallest absolute Gasteiger partial charge is 0.223 e. The number of nitrogens with one attached hydrogen (secondary N) is 1. The van der Waals surface area contributed by atoms with Gasteiger partial charge in [-0.05, 0) is 36.8 Å². The number of hydrogen-bond acceptors (Lipinski definition) is 4. The summed E-state index contributed by atoms with van der Waals surface area (Å²) in [5.74, 6) is 0.930. The van der Waals surface area contributed by atoms with Crippen molar-refractivity contribution in [1.82, 2.24) is 15.2 Å². The Balaban J connectivity index is 1.59. The van der Waals surface area contributed by atoms with Gasteiger partial charge in [-0.25, -0.2) is 0 Å². The maximum absolute atomic E-state index is 12.7. The number of hydrogen-bond donors (Lipinski definition) is 1. The molecular weight excluding hydrogens is 278 g/mol. The van der Waals surface area contributed by atoms with Gasteiger partial charge >= 0.3 is 0 Å². The first-order chi connectivity index (χ1) is 10.8. The first kappa shape index (κ1) is 15.4. The number of ether oxygens (including phenoxy) is 1. The second kappa shape index (κ2) is 7.70. The maximum atomic E-state index is 12.7. The molecule has 120 valence electrons. The van der Waals surface area contributed by atoms with Gasteiger partial charge in [0.05, 0.1) is 6.04 Å². The van der Waals surface area contributed by atoms with E-state index >= 15 is 0 Å². The second-order valence-electron chi connectivity index (χ2n) is 6.19. The molecule has 3 rings (SSSR count). The van der Waals surface area contributed by atoms with Crippen molar-refractivity contribution in [2.24, 2.45) is 5.92 Å². The molecule has 5 nitrogen and oxygen atoms in total. The largest absolute Gasteiger partial charge is 0.381 e. The number of pyridine rings is 1. The van der Waals surface area contributed by atoms with E-state index in [1.807, 2.05) is 17.2 Å². The Kier molecular flexibility index (Phi) is 5.40. The first-order valence-electron chi connectivity index (χ1n) is 8.32. The van der Waals surface area contributed by atoms with Gasteiger partial charge in [-0.1, -0.05) is 6.07 Å². The predicted octanol–water partition coefficient (Wildman–Crippen LogP) is 1.76. The van der Waals surface area contributed by atoms with Crippen molar-refractivity contribution in [2.75, 3.05) is 32.8 Å². The molecule has 1 unspecified atom stereocenters. The third kappa shape index (κ3) is 3.84. The van der Waals surface area contributed by atoms with E-state index in [4.69, 9.17) is 4.74 Å². The lowest BCUT2D eigenvalue weighted by Crippen LogP contribution is -2.48. The Bertz CT molecular complexity index is 474. The van der Waals surface area contributed by atoms with Crippen molar-refractivity contribution in [3.8, 4) is 0 Å². The Morgan fingerprint density at radius 2 is 2.27 bits per heavy atom. The number of rotatable bonds is 4. The summed E-state index contributed by atoms with van der Waals surface area (Å²) in [5.41, 5.74) is 1.12.